The quantitative estimate of drug-likeness (QED) is 0.384. The molecule has 28 heavy (non-hydrogen) atoms. The second-order valence-corrected chi connectivity index (χ2v) is 6.79. The maximum Gasteiger partial charge on any atom is 0.342 e. The number of aryl methyl sites for hydroxylation is 1. The van der Waals surface area contributed by atoms with Crippen LogP contribution in [0.4, 0.5) is 0 Å². The number of hydrogen-bond acceptors (Lipinski definition) is 6. The van der Waals surface area contributed by atoms with E-state index in [1.54, 1.807) is 30.3 Å². The van der Waals surface area contributed by atoms with Crippen molar-refractivity contribution in [1.82, 2.24) is 15.2 Å². The summed E-state index contributed by atoms with van der Waals surface area (Å²) in [4.78, 5) is 27.2. The number of aliphatic carboxylic acids is 1. The van der Waals surface area contributed by atoms with E-state index in [0.29, 0.717) is 22.3 Å². The highest BCUT2D eigenvalue weighted by Crippen LogP contribution is 2.30. The summed E-state index contributed by atoms with van der Waals surface area (Å²) < 4.78 is 5.66. The van der Waals surface area contributed by atoms with Crippen molar-refractivity contribution in [2.24, 2.45) is 0 Å². The summed E-state index contributed by atoms with van der Waals surface area (Å²) in [5, 5.41) is 25.9. The number of carbonyl (C=O) groups is 2. The summed E-state index contributed by atoms with van der Waals surface area (Å²) in [7, 11) is 0. The van der Waals surface area contributed by atoms with Gasteiger partial charge in [-0.05, 0) is 36.4 Å². The summed E-state index contributed by atoms with van der Waals surface area (Å²) in [6.07, 6.45) is 2.98. The molecule has 9 heteroatoms. The van der Waals surface area contributed by atoms with E-state index in [-0.39, 0.29) is 16.2 Å². The van der Waals surface area contributed by atoms with E-state index in [2.05, 4.69) is 15.2 Å². The maximum absolute atomic E-state index is 11.6. The van der Waals surface area contributed by atoms with Crippen LogP contribution in [-0.2, 0) is 11.2 Å². The van der Waals surface area contributed by atoms with Crippen molar-refractivity contribution >= 4 is 29.8 Å². The van der Waals surface area contributed by atoms with Gasteiger partial charge >= 0.3 is 11.9 Å². The zero-order chi connectivity index (χ0) is 20.1. The van der Waals surface area contributed by atoms with Crippen molar-refractivity contribution in [2.75, 3.05) is 0 Å². The minimum atomic E-state index is -1.14. The number of nitrogens with zero attached hydrogens (tertiary/aromatic N) is 2. The molecule has 3 aromatic rings. The summed E-state index contributed by atoms with van der Waals surface area (Å²) in [5.41, 5.74) is 0.516. The highest BCUT2D eigenvalue weighted by atomic mass is 32.2. The van der Waals surface area contributed by atoms with E-state index in [1.165, 1.54) is 12.1 Å². The summed E-state index contributed by atoms with van der Waals surface area (Å²) in [6.45, 7) is 2.01. The number of carboxylic acid groups (broad SMARTS) is 2. The van der Waals surface area contributed by atoms with Gasteiger partial charge in [0.2, 0.25) is 5.16 Å². The lowest BCUT2D eigenvalue weighted by molar-refractivity contribution is -0.131. The average Bonchev–Trinajstić information content (AvgIpc) is 3.31. The van der Waals surface area contributed by atoms with Crippen LogP contribution < -0.4 is 0 Å². The van der Waals surface area contributed by atoms with Gasteiger partial charge in [0.25, 0.3) is 0 Å². The fourth-order valence-electron chi connectivity index (χ4n) is 2.49. The molecule has 3 rings (SSSR count). The number of H-pyrrole nitrogens is 1. The van der Waals surface area contributed by atoms with Crippen LogP contribution in [0.3, 0.4) is 0 Å². The molecule has 0 bridgehead atoms. The van der Waals surface area contributed by atoms with Crippen LogP contribution in [0.25, 0.3) is 17.4 Å². The Hall–Kier alpha value is -3.33. The smallest absolute Gasteiger partial charge is 0.342 e. The SMILES string of the molecule is CCCc1nc(S/C(=C/c2ccc(-c3ccccc3C(=O)O)o2)C(=O)O)n[nH]1. The fourth-order valence-corrected chi connectivity index (χ4v) is 3.20. The van der Waals surface area contributed by atoms with Gasteiger partial charge in [0, 0.05) is 18.1 Å². The molecular weight excluding hydrogens is 382 g/mol. The lowest BCUT2D eigenvalue weighted by atomic mass is 10.1. The maximum atomic E-state index is 11.6. The third kappa shape index (κ3) is 4.49. The van der Waals surface area contributed by atoms with Crippen LogP contribution in [0, 0.1) is 0 Å². The molecule has 0 aliphatic heterocycles. The van der Waals surface area contributed by atoms with Crippen LogP contribution in [0.1, 0.15) is 35.3 Å². The van der Waals surface area contributed by atoms with E-state index in [1.807, 2.05) is 6.92 Å². The molecule has 0 saturated carbocycles. The fraction of sp³-hybridized carbons (Fsp3) is 0.158. The van der Waals surface area contributed by atoms with Crippen molar-refractivity contribution in [3.8, 4) is 11.3 Å². The molecule has 0 atom stereocenters. The molecule has 1 aromatic carbocycles. The number of carboxylic acids is 2. The normalized spacial score (nSPS) is 11.5. The first-order valence-corrected chi connectivity index (χ1v) is 9.26. The highest BCUT2D eigenvalue weighted by molar-refractivity contribution is 8.04. The minimum absolute atomic E-state index is 0.0190. The van der Waals surface area contributed by atoms with Crippen molar-refractivity contribution in [3.63, 3.8) is 0 Å². The number of rotatable bonds is 8. The van der Waals surface area contributed by atoms with E-state index in [4.69, 9.17) is 4.42 Å². The topological polar surface area (TPSA) is 129 Å². The second kappa shape index (κ2) is 8.57. The van der Waals surface area contributed by atoms with Gasteiger partial charge in [-0.25, -0.2) is 14.6 Å². The van der Waals surface area contributed by atoms with Gasteiger partial charge in [0.05, 0.1) is 5.56 Å². The molecule has 2 aromatic heterocycles. The number of aromatic amines is 1. The van der Waals surface area contributed by atoms with E-state index >= 15 is 0 Å². The Labute approximate surface area is 164 Å². The molecule has 0 saturated heterocycles. The zero-order valence-corrected chi connectivity index (χ0v) is 15.7. The standard InChI is InChI=1S/C19H17N3O5S/c1-2-5-16-20-19(22-21-16)28-15(18(25)26)10-11-8-9-14(27-11)12-6-3-4-7-13(12)17(23)24/h3-4,6-10H,2,5H2,1H3,(H,23,24)(H,25,26)(H,20,21,22)/b15-10+. The Morgan fingerprint density at radius 3 is 2.71 bits per heavy atom. The third-order valence-electron chi connectivity index (χ3n) is 3.73. The minimum Gasteiger partial charge on any atom is -0.478 e. The van der Waals surface area contributed by atoms with Crippen LogP contribution >= 0.6 is 11.8 Å². The number of benzene rings is 1. The number of thioether (sulfide) groups is 1. The molecule has 0 radical (unpaired) electrons. The Morgan fingerprint density at radius 2 is 2.00 bits per heavy atom. The van der Waals surface area contributed by atoms with Crippen molar-refractivity contribution < 1.29 is 24.2 Å². The first kappa shape index (κ1) is 19.4. The van der Waals surface area contributed by atoms with Gasteiger partial charge in [0.1, 0.15) is 22.3 Å². The van der Waals surface area contributed by atoms with Crippen LogP contribution in [0.5, 0.6) is 0 Å². The van der Waals surface area contributed by atoms with Crippen molar-refractivity contribution in [3.05, 3.63) is 58.5 Å². The zero-order valence-electron chi connectivity index (χ0n) is 14.9. The van der Waals surface area contributed by atoms with E-state index in [0.717, 1.165) is 24.6 Å². The molecule has 0 amide bonds. The predicted octanol–water partition coefficient (Wildman–Crippen LogP) is 3.93. The van der Waals surface area contributed by atoms with E-state index in [9.17, 15) is 19.8 Å². The predicted molar refractivity (Wildman–Crippen MR) is 103 cm³/mol. The molecule has 0 unspecified atom stereocenters. The molecule has 3 N–H and O–H groups in total. The lowest BCUT2D eigenvalue weighted by Gasteiger charge is -2.02. The molecular formula is C19H17N3O5S. The van der Waals surface area contributed by atoms with Crippen molar-refractivity contribution in [1.29, 1.82) is 0 Å². The first-order valence-electron chi connectivity index (χ1n) is 8.44. The summed E-state index contributed by atoms with van der Waals surface area (Å²) >= 11 is 0.905. The van der Waals surface area contributed by atoms with Gasteiger partial charge in [-0.3, -0.25) is 5.10 Å². The largest absolute Gasteiger partial charge is 0.478 e. The van der Waals surface area contributed by atoms with Gasteiger partial charge in [0.15, 0.2) is 0 Å². The number of hydrogen-bond donors (Lipinski definition) is 3. The number of nitrogens with one attached hydrogen (secondary N) is 1. The summed E-state index contributed by atoms with van der Waals surface area (Å²) in [5.74, 6) is -0.902. The summed E-state index contributed by atoms with van der Waals surface area (Å²) in [6, 6.07) is 9.62. The van der Waals surface area contributed by atoms with Gasteiger partial charge in [-0.15, -0.1) is 5.10 Å². The number of aromatic nitrogens is 3. The van der Waals surface area contributed by atoms with Gasteiger partial charge in [-0.2, -0.15) is 0 Å². The van der Waals surface area contributed by atoms with Crippen LogP contribution in [0.15, 0.2) is 50.9 Å². The number of aromatic carboxylic acids is 1. The van der Waals surface area contributed by atoms with Gasteiger partial charge < -0.3 is 14.6 Å². The highest BCUT2D eigenvalue weighted by Gasteiger charge is 2.17. The van der Waals surface area contributed by atoms with Crippen LogP contribution in [0.2, 0.25) is 0 Å². The number of furan rings is 1. The monoisotopic (exact) mass is 399 g/mol. The van der Waals surface area contributed by atoms with Gasteiger partial charge in [-0.1, -0.05) is 25.1 Å². The van der Waals surface area contributed by atoms with Crippen molar-refractivity contribution in [2.45, 2.75) is 24.9 Å². The molecule has 0 aliphatic rings. The molecule has 8 nitrogen and oxygen atoms in total. The Bertz CT molecular complexity index is 1040. The molecule has 144 valence electrons. The Kier molecular flexibility index (Phi) is 5.95. The Balaban J connectivity index is 1.87. The lowest BCUT2D eigenvalue weighted by Crippen LogP contribution is -1.98. The average molecular weight is 399 g/mol. The molecule has 0 fully saturated rings. The molecule has 0 spiro atoms. The third-order valence-corrected chi connectivity index (χ3v) is 4.61. The first-order chi connectivity index (χ1) is 13.5. The van der Waals surface area contributed by atoms with E-state index < -0.39 is 11.9 Å². The Morgan fingerprint density at radius 1 is 1.21 bits per heavy atom. The second-order valence-electron chi connectivity index (χ2n) is 5.78. The molecule has 0 aliphatic carbocycles. The van der Waals surface area contributed by atoms with Crippen LogP contribution in [-0.4, -0.2) is 37.3 Å². The molecule has 2 heterocycles.